The fourth-order valence-corrected chi connectivity index (χ4v) is 4.11. The summed E-state index contributed by atoms with van der Waals surface area (Å²) >= 11 is 6.13. The van der Waals surface area contributed by atoms with Crippen LogP contribution in [0.1, 0.15) is 43.1 Å². The third-order valence-electron chi connectivity index (χ3n) is 3.97. The number of carbonyl (C=O) groups is 1. The van der Waals surface area contributed by atoms with Crippen molar-refractivity contribution in [1.82, 2.24) is 10.0 Å². The number of hydrogen-bond acceptors (Lipinski definition) is 3. The maximum atomic E-state index is 12.6. The van der Waals surface area contributed by atoms with Crippen molar-refractivity contribution < 1.29 is 13.2 Å². The molecule has 27 heavy (non-hydrogen) atoms. The molecule has 0 saturated heterocycles. The smallest absolute Gasteiger partial charge is 0.253 e. The summed E-state index contributed by atoms with van der Waals surface area (Å²) in [6.45, 7) is 5.38. The van der Waals surface area contributed by atoms with Gasteiger partial charge in [0, 0.05) is 12.1 Å². The molecule has 0 radical (unpaired) electrons. The first-order chi connectivity index (χ1) is 12.7. The summed E-state index contributed by atoms with van der Waals surface area (Å²) in [6, 6.07) is 13.8. The summed E-state index contributed by atoms with van der Waals surface area (Å²) in [5, 5.41) is 3.10. The first-order valence-electron chi connectivity index (χ1n) is 8.85. The maximum Gasteiger partial charge on any atom is 0.253 e. The Hall–Kier alpha value is -1.89. The molecular weight excluding hydrogens is 384 g/mol. The fourth-order valence-electron chi connectivity index (χ4n) is 2.63. The van der Waals surface area contributed by atoms with Gasteiger partial charge in [-0.05, 0) is 57.4 Å². The number of hydrogen-bond donors (Lipinski definition) is 2. The highest BCUT2D eigenvalue weighted by atomic mass is 35.5. The van der Waals surface area contributed by atoms with Crippen LogP contribution in [-0.4, -0.2) is 26.4 Å². The summed E-state index contributed by atoms with van der Waals surface area (Å²) in [5.74, 6) is -0.387. The molecule has 0 aliphatic carbocycles. The van der Waals surface area contributed by atoms with Crippen molar-refractivity contribution in [3.8, 4) is 0 Å². The van der Waals surface area contributed by atoms with E-state index in [-0.39, 0.29) is 33.5 Å². The van der Waals surface area contributed by atoms with Gasteiger partial charge in [0.25, 0.3) is 5.91 Å². The van der Waals surface area contributed by atoms with Gasteiger partial charge in [0.1, 0.15) is 0 Å². The summed E-state index contributed by atoms with van der Waals surface area (Å²) in [7, 11) is -3.70. The molecule has 146 valence electrons. The van der Waals surface area contributed by atoms with E-state index in [1.165, 1.54) is 23.8 Å². The number of benzene rings is 2. The van der Waals surface area contributed by atoms with Gasteiger partial charge in [-0.3, -0.25) is 4.79 Å². The number of carbonyl (C=O) groups excluding carboxylic acids is 1. The van der Waals surface area contributed by atoms with E-state index >= 15 is 0 Å². The zero-order valence-electron chi connectivity index (χ0n) is 15.7. The molecular formula is C20H25ClN2O3S. The zero-order valence-corrected chi connectivity index (χ0v) is 17.3. The molecule has 2 aromatic carbocycles. The average molecular weight is 409 g/mol. The number of nitrogens with one attached hydrogen (secondary N) is 2. The Labute approximate surface area is 166 Å². The van der Waals surface area contributed by atoms with Gasteiger partial charge in [0.05, 0.1) is 15.5 Å². The molecule has 0 bridgehead atoms. The zero-order chi connectivity index (χ0) is 20.0. The van der Waals surface area contributed by atoms with Crippen LogP contribution in [0.3, 0.4) is 0 Å². The van der Waals surface area contributed by atoms with Crippen LogP contribution in [0, 0.1) is 0 Å². The number of amides is 1. The third-order valence-corrected chi connectivity index (χ3v) is 5.96. The van der Waals surface area contributed by atoms with Crippen LogP contribution in [0.4, 0.5) is 0 Å². The Morgan fingerprint density at radius 1 is 1.07 bits per heavy atom. The van der Waals surface area contributed by atoms with E-state index in [4.69, 9.17) is 11.6 Å². The quantitative estimate of drug-likeness (QED) is 0.697. The monoisotopic (exact) mass is 408 g/mol. The fraction of sp³-hybridized carbons (Fsp3) is 0.350. The topological polar surface area (TPSA) is 75.3 Å². The van der Waals surface area contributed by atoms with E-state index in [0.29, 0.717) is 0 Å². The lowest BCUT2D eigenvalue weighted by Crippen LogP contribution is -2.34. The lowest BCUT2D eigenvalue weighted by atomic mass is 10.1. The second-order valence-electron chi connectivity index (χ2n) is 6.82. The van der Waals surface area contributed by atoms with Crippen LogP contribution in [0.5, 0.6) is 0 Å². The molecule has 5 nitrogen and oxygen atoms in total. The molecule has 1 atom stereocenters. The first-order valence-corrected chi connectivity index (χ1v) is 10.7. The van der Waals surface area contributed by atoms with Crippen LogP contribution in [0.15, 0.2) is 53.4 Å². The molecule has 0 saturated carbocycles. The van der Waals surface area contributed by atoms with Crippen molar-refractivity contribution in [1.29, 1.82) is 0 Å². The highest BCUT2D eigenvalue weighted by Gasteiger charge is 2.20. The Bertz CT molecular complexity index is 883. The van der Waals surface area contributed by atoms with Gasteiger partial charge < -0.3 is 5.32 Å². The molecule has 0 aliphatic rings. The molecule has 2 rings (SSSR count). The van der Waals surface area contributed by atoms with Crippen molar-refractivity contribution in [2.45, 2.75) is 50.6 Å². The van der Waals surface area contributed by atoms with Crippen LogP contribution < -0.4 is 10.0 Å². The number of sulfonamides is 1. The minimum absolute atomic E-state index is 0.0164. The van der Waals surface area contributed by atoms with E-state index in [1.54, 1.807) is 13.8 Å². The van der Waals surface area contributed by atoms with Crippen LogP contribution in [0.2, 0.25) is 5.02 Å². The molecule has 0 heterocycles. The first kappa shape index (κ1) is 21.4. The highest BCUT2D eigenvalue weighted by molar-refractivity contribution is 7.89. The molecule has 2 N–H and O–H groups in total. The molecule has 1 amide bonds. The molecule has 0 unspecified atom stereocenters. The largest absolute Gasteiger partial charge is 0.350 e. The minimum Gasteiger partial charge on any atom is -0.350 e. The SMILES string of the molecule is CC(C)NS(=O)(=O)c1ccc(Cl)c(C(=O)N[C@@H](C)CCc2ccccc2)c1. The maximum absolute atomic E-state index is 12.6. The van der Waals surface area contributed by atoms with Crippen LogP contribution >= 0.6 is 11.6 Å². The predicted molar refractivity (Wildman–Crippen MR) is 109 cm³/mol. The van der Waals surface area contributed by atoms with Gasteiger partial charge in [-0.25, -0.2) is 13.1 Å². The van der Waals surface area contributed by atoms with Gasteiger partial charge >= 0.3 is 0 Å². The van der Waals surface area contributed by atoms with Gasteiger partial charge in [-0.2, -0.15) is 0 Å². The van der Waals surface area contributed by atoms with Crippen molar-refractivity contribution in [2.24, 2.45) is 0 Å². The van der Waals surface area contributed by atoms with Gasteiger partial charge in [0.2, 0.25) is 10.0 Å². The van der Waals surface area contributed by atoms with Crippen molar-refractivity contribution >= 4 is 27.5 Å². The minimum atomic E-state index is -3.70. The number of halogens is 1. The van der Waals surface area contributed by atoms with Crippen molar-refractivity contribution in [3.05, 3.63) is 64.7 Å². The number of rotatable bonds is 8. The van der Waals surface area contributed by atoms with Gasteiger partial charge in [0.15, 0.2) is 0 Å². The molecule has 7 heteroatoms. The summed E-state index contributed by atoms with van der Waals surface area (Å²) < 4.78 is 27.1. The van der Waals surface area contributed by atoms with Crippen LogP contribution in [-0.2, 0) is 16.4 Å². The van der Waals surface area contributed by atoms with Crippen molar-refractivity contribution in [3.63, 3.8) is 0 Å². The summed E-state index contributed by atoms with van der Waals surface area (Å²) in [5.41, 5.74) is 1.35. The lowest BCUT2D eigenvalue weighted by molar-refractivity contribution is 0.0938. The van der Waals surface area contributed by atoms with E-state index in [9.17, 15) is 13.2 Å². The highest BCUT2D eigenvalue weighted by Crippen LogP contribution is 2.21. The predicted octanol–water partition coefficient (Wildman–Crippen LogP) is 3.78. The Kier molecular flexibility index (Phi) is 7.41. The van der Waals surface area contributed by atoms with E-state index in [0.717, 1.165) is 12.8 Å². The second-order valence-corrected chi connectivity index (χ2v) is 8.94. The summed E-state index contributed by atoms with van der Waals surface area (Å²) in [6.07, 6.45) is 1.60. The number of aryl methyl sites for hydroxylation is 1. The average Bonchev–Trinajstić information content (AvgIpc) is 2.60. The van der Waals surface area contributed by atoms with E-state index in [1.807, 2.05) is 37.3 Å². The molecule has 0 fully saturated rings. The molecule has 0 aliphatic heterocycles. The molecule has 2 aromatic rings. The van der Waals surface area contributed by atoms with Crippen molar-refractivity contribution in [2.75, 3.05) is 0 Å². The second kappa shape index (κ2) is 9.35. The third kappa shape index (κ3) is 6.34. The van der Waals surface area contributed by atoms with Gasteiger partial charge in [-0.15, -0.1) is 0 Å². The van der Waals surface area contributed by atoms with Gasteiger partial charge in [-0.1, -0.05) is 41.9 Å². The molecule has 0 aromatic heterocycles. The molecule has 0 spiro atoms. The standard InChI is InChI=1S/C20H25ClN2O3S/c1-14(2)23-27(25,26)17-11-12-19(21)18(13-17)20(24)22-15(3)9-10-16-7-5-4-6-8-16/h4-8,11-15,23H,9-10H2,1-3H3,(H,22,24)/t15-/m0/s1. The van der Waals surface area contributed by atoms with E-state index in [2.05, 4.69) is 10.0 Å². The summed E-state index contributed by atoms with van der Waals surface area (Å²) in [4.78, 5) is 12.6. The Morgan fingerprint density at radius 3 is 2.37 bits per heavy atom. The van der Waals surface area contributed by atoms with E-state index < -0.39 is 10.0 Å². The normalized spacial score (nSPS) is 12.8. The Balaban J connectivity index is 2.08. The van der Waals surface area contributed by atoms with Crippen LogP contribution in [0.25, 0.3) is 0 Å². The lowest BCUT2D eigenvalue weighted by Gasteiger charge is -2.16. The Morgan fingerprint density at radius 2 is 1.74 bits per heavy atom.